The Kier molecular flexibility index (Phi) is 13.1. The number of amides is 1. The van der Waals surface area contributed by atoms with Gasteiger partial charge in [-0.2, -0.15) is 0 Å². The van der Waals surface area contributed by atoms with Crippen LogP contribution in [-0.2, 0) is 4.79 Å². The summed E-state index contributed by atoms with van der Waals surface area (Å²) in [7, 11) is 3.51. The standard InChI is InChI=1S/C21H34ClN5OS.HI/c1-16(2)27-12-9-18(10-13-27)25-21(24-15-20(28)26(3)4)23-11-14-29-19-7-5-17(22)6-8-19;/h5-8,16,18H,9-15H2,1-4H3,(H2,23,24,25);1H. The Bertz CT molecular complexity index is 664. The minimum atomic E-state index is -0.00346. The quantitative estimate of drug-likeness (QED) is 0.165. The third-order valence-electron chi connectivity index (χ3n) is 4.95. The number of nitrogens with one attached hydrogen (secondary N) is 2. The van der Waals surface area contributed by atoms with Crippen molar-refractivity contribution < 1.29 is 4.79 Å². The first-order valence-electron chi connectivity index (χ1n) is 10.2. The molecule has 1 saturated heterocycles. The first-order chi connectivity index (χ1) is 13.8. The monoisotopic (exact) mass is 567 g/mol. The van der Waals surface area contributed by atoms with Crippen molar-refractivity contribution in [2.75, 3.05) is 46.0 Å². The lowest BCUT2D eigenvalue weighted by Crippen LogP contribution is -2.50. The molecule has 1 amide bonds. The normalized spacial score (nSPS) is 15.6. The van der Waals surface area contributed by atoms with E-state index in [2.05, 4.69) is 34.4 Å². The second-order valence-electron chi connectivity index (χ2n) is 7.73. The number of aliphatic imine (C=N–C) groups is 1. The molecular weight excluding hydrogens is 533 g/mol. The van der Waals surface area contributed by atoms with Crippen molar-refractivity contribution in [3.8, 4) is 0 Å². The number of hydrogen-bond acceptors (Lipinski definition) is 4. The zero-order chi connectivity index (χ0) is 21.2. The summed E-state index contributed by atoms with van der Waals surface area (Å²) in [5.74, 6) is 1.62. The average Bonchev–Trinajstić information content (AvgIpc) is 2.70. The van der Waals surface area contributed by atoms with Gasteiger partial charge in [-0.05, 0) is 51.0 Å². The second kappa shape index (κ2) is 14.4. The molecule has 1 heterocycles. The van der Waals surface area contributed by atoms with Crippen LogP contribution >= 0.6 is 47.3 Å². The van der Waals surface area contributed by atoms with Crippen molar-refractivity contribution >= 4 is 59.2 Å². The third kappa shape index (κ3) is 10.1. The predicted octanol–water partition coefficient (Wildman–Crippen LogP) is 3.55. The van der Waals surface area contributed by atoms with Crippen molar-refractivity contribution in [1.29, 1.82) is 0 Å². The molecule has 2 rings (SSSR count). The van der Waals surface area contributed by atoms with E-state index in [9.17, 15) is 4.79 Å². The minimum Gasteiger partial charge on any atom is -0.356 e. The molecule has 1 aliphatic rings. The van der Waals surface area contributed by atoms with Crippen LogP contribution in [0.5, 0.6) is 0 Å². The molecule has 2 N–H and O–H groups in total. The Labute approximate surface area is 207 Å². The number of thioether (sulfide) groups is 1. The summed E-state index contributed by atoms with van der Waals surface area (Å²) in [6, 6.07) is 8.83. The van der Waals surface area contributed by atoms with Crippen molar-refractivity contribution in [3.63, 3.8) is 0 Å². The zero-order valence-corrected chi connectivity index (χ0v) is 22.3. The zero-order valence-electron chi connectivity index (χ0n) is 18.4. The van der Waals surface area contributed by atoms with Crippen LogP contribution < -0.4 is 10.6 Å². The van der Waals surface area contributed by atoms with Crippen molar-refractivity contribution in [2.24, 2.45) is 4.99 Å². The van der Waals surface area contributed by atoms with Gasteiger partial charge in [0, 0.05) is 61.5 Å². The number of likely N-dealkylation sites (N-methyl/N-ethyl adjacent to an activating group) is 1. The molecule has 0 aromatic heterocycles. The molecule has 1 aromatic rings. The third-order valence-corrected chi connectivity index (χ3v) is 6.21. The van der Waals surface area contributed by atoms with Crippen LogP contribution in [0.4, 0.5) is 0 Å². The summed E-state index contributed by atoms with van der Waals surface area (Å²) in [4.78, 5) is 21.7. The molecule has 1 aromatic carbocycles. The molecule has 9 heteroatoms. The fourth-order valence-electron chi connectivity index (χ4n) is 3.06. The van der Waals surface area contributed by atoms with Crippen LogP contribution in [0.1, 0.15) is 26.7 Å². The number of guanidine groups is 1. The lowest BCUT2D eigenvalue weighted by atomic mass is 10.0. The van der Waals surface area contributed by atoms with Crippen LogP contribution in [-0.4, -0.2) is 79.8 Å². The Balaban J connectivity index is 0.00000450. The van der Waals surface area contributed by atoms with E-state index in [1.807, 2.05) is 24.3 Å². The van der Waals surface area contributed by atoms with Crippen LogP contribution in [0.3, 0.4) is 0 Å². The van der Waals surface area contributed by atoms with Gasteiger partial charge < -0.3 is 20.4 Å². The molecule has 1 aliphatic heterocycles. The summed E-state index contributed by atoms with van der Waals surface area (Å²) < 4.78 is 0. The summed E-state index contributed by atoms with van der Waals surface area (Å²) >= 11 is 7.70. The summed E-state index contributed by atoms with van der Waals surface area (Å²) in [5.41, 5.74) is 0. The van der Waals surface area contributed by atoms with Gasteiger partial charge in [0.15, 0.2) is 5.96 Å². The fourth-order valence-corrected chi connectivity index (χ4v) is 3.96. The van der Waals surface area contributed by atoms with Gasteiger partial charge in [-0.15, -0.1) is 35.7 Å². The molecule has 0 aliphatic carbocycles. The molecule has 0 unspecified atom stereocenters. The van der Waals surface area contributed by atoms with Crippen LogP contribution in [0.25, 0.3) is 0 Å². The number of carbonyl (C=O) groups excluding carboxylic acids is 1. The van der Waals surface area contributed by atoms with E-state index >= 15 is 0 Å². The number of likely N-dealkylation sites (tertiary alicyclic amines) is 1. The molecule has 0 radical (unpaired) electrons. The van der Waals surface area contributed by atoms with E-state index in [-0.39, 0.29) is 36.4 Å². The number of piperidine rings is 1. The van der Waals surface area contributed by atoms with Gasteiger partial charge >= 0.3 is 0 Å². The lowest BCUT2D eigenvalue weighted by Gasteiger charge is -2.35. The SMILES string of the molecule is CC(C)N1CCC(NC(=NCC(=O)N(C)C)NCCSc2ccc(Cl)cc2)CC1.I. The molecule has 30 heavy (non-hydrogen) atoms. The lowest BCUT2D eigenvalue weighted by molar-refractivity contribution is -0.127. The average molecular weight is 568 g/mol. The van der Waals surface area contributed by atoms with E-state index < -0.39 is 0 Å². The summed E-state index contributed by atoms with van der Waals surface area (Å²) in [5, 5.41) is 7.67. The first-order valence-corrected chi connectivity index (χ1v) is 11.6. The largest absolute Gasteiger partial charge is 0.356 e. The van der Waals surface area contributed by atoms with Gasteiger partial charge in [-0.1, -0.05) is 11.6 Å². The molecule has 0 atom stereocenters. The summed E-state index contributed by atoms with van der Waals surface area (Å²) in [6.07, 6.45) is 2.17. The van der Waals surface area contributed by atoms with Crippen LogP contribution in [0.15, 0.2) is 34.2 Å². The number of benzene rings is 1. The molecule has 0 bridgehead atoms. The fraction of sp³-hybridized carbons (Fsp3) is 0.619. The molecule has 0 saturated carbocycles. The van der Waals surface area contributed by atoms with Crippen molar-refractivity contribution in [3.05, 3.63) is 29.3 Å². The minimum absolute atomic E-state index is 0. The number of halogens is 2. The van der Waals surface area contributed by atoms with E-state index in [0.29, 0.717) is 12.1 Å². The van der Waals surface area contributed by atoms with Crippen LogP contribution in [0.2, 0.25) is 5.02 Å². The highest BCUT2D eigenvalue weighted by molar-refractivity contribution is 14.0. The maximum absolute atomic E-state index is 11.9. The number of nitrogens with zero attached hydrogens (tertiary/aromatic N) is 3. The Morgan fingerprint density at radius 3 is 2.47 bits per heavy atom. The smallest absolute Gasteiger partial charge is 0.243 e. The van der Waals surface area contributed by atoms with E-state index in [1.54, 1.807) is 30.8 Å². The summed E-state index contributed by atoms with van der Waals surface area (Å²) in [6.45, 7) is 7.58. The van der Waals surface area contributed by atoms with Gasteiger partial charge in [0.25, 0.3) is 0 Å². The van der Waals surface area contributed by atoms with Crippen molar-refractivity contribution in [1.82, 2.24) is 20.4 Å². The maximum Gasteiger partial charge on any atom is 0.243 e. The van der Waals surface area contributed by atoms with E-state index in [1.165, 1.54) is 4.90 Å². The molecule has 1 fully saturated rings. The molecule has 170 valence electrons. The van der Waals surface area contributed by atoms with Gasteiger partial charge in [0.1, 0.15) is 6.54 Å². The molecule has 6 nitrogen and oxygen atoms in total. The highest BCUT2D eigenvalue weighted by atomic mass is 127. The second-order valence-corrected chi connectivity index (χ2v) is 9.34. The molecule has 0 spiro atoms. The number of carbonyl (C=O) groups is 1. The number of rotatable bonds is 8. The van der Waals surface area contributed by atoms with Crippen molar-refractivity contribution in [2.45, 2.75) is 43.7 Å². The van der Waals surface area contributed by atoms with Gasteiger partial charge in [0.05, 0.1) is 0 Å². The Morgan fingerprint density at radius 1 is 1.27 bits per heavy atom. The van der Waals surface area contributed by atoms with Gasteiger partial charge in [0.2, 0.25) is 5.91 Å². The number of hydrogen-bond donors (Lipinski definition) is 2. The maximum atomic E-state index is 11.9. The van der Waals surface area contributed by atoms with E-state index in [0.717, 1.165) is 49.2 Å². The van der Waals surface area contributed by atoms with E-state index in [4.69, 9.17) is 11.6 Å². The van der Waals surface area contributed by atoms with Gasteiger partial charge in [-0.3, -0.25) is 4.79 Å². The van der Waals surface area contributed by atoms with Crippen LogP contribution in [0, 0.1) is 0 Å². The topological polar surface area (TPSA) is 60.0 Å². The highest BCUT2D eigenvalue weighted by Crippen LogP contribution is 2.19. The van der Waals surface area contributed by atoms with Gasteiger partial charge in [-0.25, -0.2) is 4.99 Å². The molecular formula is C21H35ClIN5OS. The Hall–Kier alpha value is -0.710. The highest BCUT2D eigenvalue weighted by Gasteiger charge is 2.21. The predicted molar refractivity (Wildman–Crippen MR) is 139 cm³/mol. The first kappa shape index (κ1) is 27.3. The Morgan fingerprint density at radius 2 is 1.90 bits per heavy atom.